The average Bonchev–Trinajstić information content (AvgIpc) is 3.15. The molecule has 2 rings (SSSR count). The lowest BCUT2D eigenvalue weighted by Gasteiger charge is -2.25. The molecule has 21 heavy (non-hydrogen) atoms. The van der Waals surface area contributed by atoms with Crippen LogP contribution >= 0.6 is 0 Å². The highest BCUT2D eigenvalue weighted by atomic mass is 16.5. The molecule has 0 aliphatic carbocycles. The number of hydrogen-bond donors (Lipinski definition) is 1. The second kappa shape index (κ2) is 8.20. The summed E-state index contributed by atoms with van der Waals surface area (Å²) in [5.74, 6) is -0.0668. The summed E-state index contributed by atoms with van der Waals surface area (Å²) in [6, 6.07) is 2.43. The van der Waals surface area contributed by atoms with Crippen LogP contribution < -0.4 is 5.32 Å². The summed E-state index contributed by atoms with van der Waals surface area (Å²) >= 11 is 0. The molecule has 1 aliphatic rings. The molecule has 1 N–H and O–H groups in total. The first-order valence-electron chi connectivity index (χ1n) is 7.85. The van der Waals surface area contributed by atoms with Gasteiger partial charge in [0.25, 0.3) is 0 Å². The topological polar surface area (TPSA) is 54.7 Å². The van der Waals surface area contributed by atoms with Crippen molar-refractivity contribution in [2.75, 3.05) is 26.7 Å². The van der Waals surface area contributed by atoms with Crippen LogP contribution in [0, 0.1) is 0 Å². The maximum absolute atomic E-state index is 11.7. The number of esters is 1. The highest BCUT2D eigenvalue weighted by molar-refractivity contribution is 5.87. The summed E-state index contributed by atoms with van der Waals surface area (Å²) in [4.78, 5) is 14.1. The Morgan fingerprint density at radius 2 is 2.43 bits per heavy atom. The highest BCUT2D eigenvalue weighted by Gasteiger charge is 2.21. The number of nitrogens with one attached hydrogen (secondary N) is 1. The van der Waals surface area contributed by atoms with Crippen molar-refractivity contribution in [1.29, 1.82) is 0 Å². The second-order valence-electron chi connectivity index (χ2n) is 5.65. The number of methoxy groups -OCH3 is 1. The number of hydrogen-bond acceptors (Lipinski definition) is 5. The maximum Gasteiger partial charge on any atom is 0.374 e. The largest absolute Gasteiger partial charge is 0.463 e. The van der Waals surface area contributed by atoms with E-state index in [-0.39, 0.29) is 0 Å². The van der Waals surface area contributed by atoms with E-state index in [4.69, 9.17) is 9.15 Å². The van der Waals surface area contributed by atoms with E-state index in [9.17, 15) is 4.79 Å². The van der Waals surface area contributed by atoms with Crippen molar-refractivity contribution < 1.29 is 13.9 Å². The summed E-state index contributed by atoms with van der Waals surface area (Å²) in [5.41, 5.74) is 0.913. The van der Waals surface area contributed by atoms with Gasteiger partial charge in [0.15, 0.2) is 0 Å². The summed E-state index contributed by atoms with van der Waals surface area (Å²) in [7, 11) is 1.38. The zero-order chi connectivity index (χ0) is 15.1. The molecule has 0 saturated carbocycles. The predicted molar refractivity (Wildman–Crippen MR) is 81.3 cm³/mol. The van der Waals surface area contributed by atoms with Crippen molar-refractivity contribution >= 4 is 5.97 Å². The number of nitrogens with zero attached hydrogens (tertiary/aromatic N) is 1. The normalized spacial score (nSPS) is 18.3. The third kappa shape index (κ3) is 4.58. The van der Waals surface area contributed by atoms with Crippen molar-refractivity contribution in [2.24, 2.45) is 0 Å². The van der Waals surface area contributed by atoms with E-state index in [0.717, 1.165) is 38.2 Å². The number of rotatable bonds is 8. The van der Waals surface area contributed by atoms with Crippen LogP contribution in [0.4, 0.5) is 0 Å². The van der Waals surface area contributed by atoms with Gasteiger partial charge in [-0.15, -0.1) is 0 Å². The first-order chi connectivity index (χ1) is 10.2. The number of carbonyl (C=O) groups is 1. The molecule has 1 aliphatic heterocycles. The van der Waals surface area contributed by atoms with Gasteiger partial charge in [-0.05, 0) is 38.4 Å². The molecule has 1 atom stereocenters. The highest BCUT2D eigenvalue weighted by Crippen LogP contribution is 2.16. The van der Waals surface area contributed by atoms with Crippen molar-refractivity contribution in [3.63, 3.8) is 0 Å². The lowest BCUT2D eigenvalue weighted by Crippen LogP contribution is -2.37. The maximum atomic E-state index is 11.7. The number of carbonyl (C=O) groups excluding carboxylic acids is 1. The van der Waals surface area contributed by atoms with Crippen LogP contribution in [0.25, 0.3) is 0 Å². The van der Waals surface area contributed by atoms with Gasteiger partial charge < -0.3 is 14.5 Å². The fourth-order valence-electron chi connectivity index (χ4n) is 2.81. The van der Waals surface area contributed by atoms with E-state index < -0.39 is 5.97 Å². The Labute approximate surface area is 126 Å². The van der Waals surface area contributed by atoms with Crippen molar-refractivity contribution in [1.82, 2.24) is 10.2 Å². The zero-order valence-electron chi connectivity index (χ0n) is 13.1. The van der Waals surface area contributed by atoms with Gasteiger partial charge in [0.1, 0.15) is 0 Å². The second-order valence-corrected chi connectivity index (χ2v) is 5.65. The fourth-order valence-corrected chi connectivity index (χ4v) is 2.81. The van der Waals surface area contributed by atoms with E-state index in [2.05, 4.69) is 17.1 Å². The van der Waals surface area contributed by atoms with Gasteiger partial charge in [-0.1, -0.05) is 13.3 Å². The lowest BCUT2D eigenvalue weighted by molar-refractivity contribution is 0.0561. The Morgan fingerprint density at radius 1 is 1.57 bits per heavy atom. The molecule has 0 amide bonds. The number of unbranched alkanes of at least 4 members (excludes halogenated alkanes) is 1. The quantitative estimate of drug-likeness (QED) is 0.746. The molecule has 0 aromatic carbocycles. The smallest absolute Gasteiger partial charge is 0.374 e. The van der Waals surface area contributed by atoms with Gasteiger partial charge in [-0.3, -0.25) is 4.90 Å². The van der Waals surface area contributed by atoms with Crippen LogP contribution in [0.15, 0.2) is 16.7 Å². The van der Waals surface area contributed by atoms with Crippen LogP contribution in [0.1, 0.15) is 48.7 Å². The third-order valence-electron chi connectivity index (χ3n) is 3.98. The SMILES string of the molecule is CCCCN(Cc1ccoc1C(=O)OC)CC1CCCN1. The molecular weight excluding hydrogens is 268 g/mol. The van der Waals surface area contributed by atoms with Crippen LogP contribution in [0.3, 0.4) is 0 Å². The predicted octanol–water partition coefficient (Wildman–Crippen LogP) is 2.42. The minimum absolute atomic E-state index is 0.332. The van der Waals surface area contributed by atoms with Crippen LogP contribution in [-0.4, -0.2) is 43.7 Å². The van der Waals surface area contributed by atoms with E-state index in [1.807, 2.05) is 6.07 Å². The first kappa shape index (κ1) is 16.0. The minimum atomic E-state index is -0.399. The fraction of sp³-hybridized carbons (Fsp3) is 0.688. The first-order valence-corrected chi connectivity index (χ1v) is 7.85. The monoisotopic (exact) mass is 294 g/mol. The molecule has 118 valence electrons. The number of furan rings is 1. The molecule has 0 spiro atoms. The lowest BCUT2D eigenvalue weighted by atomic mass is 10.1. The Balaban J connectivity index is 1.99. The van der Waals surface area contributed by atoms with Crippen molar-refractivity contribution in [3.8, 4) is 0 Å². The van der Waals surface area contributed by atoms with Gasteiger partial charge in [0.2, 0.25) is 5.76 Å². The van der Waals surface area contributed by atoms with E-state index in [1.165, 1.54) is 26.4 Å². The number of ether oxygens (including phenoxy) is 1. The molecular formula is C16H26N2O3. The summed E-state index contributed by atoms with van der Waals surface area (Å²) in [6.45, 7) is 6.11. The Hall–Kier alpha value is -1.33. The molecule has 1 fully saturated rings. The van der Waals surface area contributed by atoms with Crippen molar-refractivity contribution in [3.05, 3.63) is 23.7 Å². The molecule has 1 saturated heterocycles. The standard InChI is InChI=1S/C16H26N2O3/c1-3-4-9-18(12-14-6-5-8-17-14)11-13-7-10-21-15(13)16(19)20-2/h7,10,14,17H,3-6,8-9,11-12H2,1-2H3. The Kier molecular flexibility index (Phi) is 6.26. The van der Waals surface area contributed by atoms with Crippen LogP contribution in [0.2, 0.25) is 0 Å². The van der Waals surface area contributed by atoms with Crippen LogP contribution in [0.5, 0.6) is 0 Å². The molecule has 5 nitrogen and oxygen atoms in total. The Bertz CT molecular complexity index is 438. The zero-order valence-corrected chi connectivity index (χ0v) is 13.1. The van der Waals surface area contributed by atoms with Crippen molar-refractivity contribution in [2.45, 2.75) is 45.2 Å². The summed E-state index contributed by atoms with van der Waals surface area (Å²) in [5, 5.41) is 3.53. The van der Waals surface area contributed by atoms with Gasteiger partial charge in [0, 0.05) is 24.7 Å². The third-order valence-corrected chi connectivity index (χ3v) is 3.98. The van der Waals surface area contributed by atoms with E-state index in [0.29, 0.717) is 11.8 Å². The Morgan fingerprint density at radius 3 is 3.10 bits per heavy atom. The molecule has 0 bridgehead atoms. The van der Waals surface area contributed by atoms with E-state index in [1.54, 1.807) is 6.26 Å². The summed E-state index contributed by atoms with van der Waals surface area (Å²) in [6.07, 6.45) is 6.39. The van der Waals surface area contributed by atoms with Crippen LogP contribution in [-0.2, 0) is 11.3 Å². The average molecular weight is 294 g/mol. The van der Waals surface area contributed by atoms with Gasteiger partial charge >= 0.3 is 5.97 Å². The van der Waals surface area contributed by atoms with Gasteiger partial charge in [-0.2, -0.15) is 0 Å². The molecule has 5 heteroatoms. The minimum Gasteiger partial charge on any atom is -0.463 e. The molecule has 1 aromatic heterocycles. The molecule has 1 aromatic rings. The van der Waals surface area contributed by atoms with Gasteiger partial charge in [0.05, 0.1) is 13.4 Å². The van der Waals surface area contributed by atoms with Gasteiger partial charge in [-0.25, -0.2) is 4.79 Å². The van der Waals surface area contributed by atoms with E-state index >= 15 is 0 Å². The molecule has 0 radical (unpaired) electrons. The molecule has 2 heterocycles. The molecule has 1 unspecified atom stereocenters. The summed E-state index contributed by atoms with van der Waals surface area (Å²) < 4.78 is 10.0.